The Hall–Kier alpha value is -2.37. The highest BCUT2D eigenvalue weighted by Gasteiger charge is 2.16. The van der Waals surface area contributed by atoms with Crippen LogP contribution in [0.2, 0.25) is 0 Å². The van der Waals surface area contributed by atoms with Crippen LogP contribution in [0.3, 0.4) is 0 Å². The smallest absolute Gasteiger partial charge is 0.254 e. The number of hydrogen-bond acceptors (Lipinski definition) is 3. The Morgan fingerprint density at radius 3 is 2.52 bits per heavy atom. The van der Waals surface area contributed by atoms with Crippen molar-refractivity contribution in [1.82, 2.24) is 5.32 Å². The Labute approximate surface area is 135 Å². The number of hydrogen-bond donors (Lipinski definition) is 3. The summed E-state index contributed by atoms with van der Waals surface area (Å²) < 4.78 is 27.7. The van der Waals surface area contributed by atoms with E-state index in [-0.39, 0.29) is 23.7 Å². The fourth-order valence-electron chi connectivity index (χ4n) is 1.79. The molecule has 126 valence electrons. The third kappa shape index (κ3) is 5.39. The number of halogens is 2. The third-order valence-corrected chi connectivity index (χ3v) is 3.19. The summed E-state index contributed by atoms with van der Waals surface area (Å²) in [6, 6.07) is 1.85. The molecule has 4 N–H and O–H groups in total. The summed E-state index contributed by atoms with van der Waals surface area (Å²) in [5.41, 5.74) is 6.72. The van der Waals surface area contributed by atoms with Crippen molar-refractivity contribution in [2.75, 3.05) is 18.4 Å². The van der Waals surface area contributed by atoms with E-state index in [4.69, 9.17) is 5.73 Å². The molecule has 0 bridgehead atoms. The van der Waals surface area contributed by atoms with E-state index in [2.05, 4.69) is 17.2 Å². The normalized spacial score (nSPS) is 11.5. The molecule has 0 fully saturated rings. The van der Waals surface area contributed by atoms with E-state index in [1.807, 2.05) is 13.8 Å². The molecule has 0 aliphatic heterocycles. The molecular weight excluding hydrogens is 300 g/mol. The quantitative estimate of drug-likeness (QED) is 0.675. The number of nitrogens with one attached hydrogen (secondary N) is 2. The van der Waals surface area contributed by atoms with Gasteiger partial charge in [-0.1, -0.05) is 26.0 Å². The lowest BCUT2D eigenvalue weighted by Crippen LogP contribution is -2.28. The van der Waals surface area contributed by atoms with Gasteiger partial charge >= 0.3 is 0 Å². The molecule has 0 aliphatic carbocycles. The van der Waals surface area contributed by atoms with Gasteiger partial charge in [-0.2, -0.15) is 0 Å². The molecule has 1 aromatic rings. The first kappa shape index (κ1) is 18.7. The molecule has 1 rings (SSSR count). The monoisotopic (exact) mass is 323 g/mol. The van der Waals surface area contributed by atoms with Gasteiger partial charge in [-0.3, -0.25) is 4.79 Å². The van der Waals surface area contributed by atoms with Crippen molar-refractivity contribution >= 4 is 11.6 Å². The Kier molecular flexibility index (Phi) is 6.75. The van der Waals surface area contributed by atoms with Gasteiger partial charge in [0.05, 0.1) is 11.3 Å². The predicted molar refractivity (Wildman–Crippen MR) is 89.1 cm³/mol. The van der Waals surface area contributed by atoms with Crippen molar-refractivity contribution in [2.24, 2.45) is 11.7 Å². The molecule has 0 saturated carbocycles. The van der Waals surface area contributed by atoms with Crippen LogP contribution in [-0.4, -0.2) is 19.0 Å². The van der Waals surface area contributed by atoms with Gasteiger partial charge in [0.25, 0.3) is 5.91 Å². The number of rotatable bonds is 7. The van der Waals surface area contributed by atoms with Crippen LogP contribution in [0.15, 0.2) is 36.1 Å². The Bertz CT molecular complexity index is 625. The summed E-state index contributed by atoms with van der Waals surface area (Å²) in [6.07, 6.45) is 1.37. The SMILES string of the molecule is C=C(C)/C(=C\N)CNc1cc(C(=O)NCC(C)C)c(F)cc1F. The van der Waals surface area contributed by atoms with Crippen molar-refractivity contribution in [3.63, 3.8) is 0 Å². The number of carbonyl (C=O) groups excluding carboxylic acids is 1. The van der Waals surface area contributed by atoms with Crippen molar-refractivity contribution in [3.8, 4) is 0 Å². The van der Waals surface area contributed by atoms with Crippen LogP contribution in [-0.2, 0) is 0 Å². The van der Waals surface area contributed by atoms with Crippen LogP contribution >= 0.6 is 0 Å². The molecule has 0 aromatic heterocycles. The lowest BCUT2D eigenvalue weighted by atomic mass is 10.1. The summed E-state index contributed by atoms with van der Waals surface area (Å²) in [7, 11) is 0. The summed E-state index contributed by atoms with van der Waals surface area (Å²) in [4.78, 5) is 12.0. The average molecular weight is 323 g/mol. The van der Waals surface area contributed by atoms with Gasteiger partial charge in [-0.05, 0) is 30.7 Å². The van der Waals surface area contributed by atoms with Crippen LogP contribution < -0.4 is 16.4 Å². The Morgan fingerprint density at radius 1 is 1.35 bits per heavy atom. The topological polar surface area (TPSA) is 67.1 Å². The molecule has 0 spiro atoms. The maximum absolute atomic E-state index is 13.9. The summed E-state index contributed by atoms with van der Waals surface area (Å²) in [5, 5.41) is 5.41. The maximum Gasteiger partial charge on any atom is 0.254 e. The highest BCUT2D eigenvalue weighted by molar-refractivity contribution is 5.95. The molecule has 0 aliphatic rings. The standard InChI is InChI=1S/C17H23F2N3O/c1-10(2)8-22-17(23)13-5-16(15(19)6-14(13)18)21-9-12(7-20)11(3)4/h5-7,10,21H,3,8-9,20H2,1-2,4H3,(H,22,23)/b12-7-. The van der Waals surface area contributed by atoms with Gasteiger partial charge in [-0.25, -0.2) is 8.78 Å². The van der Waals surface area contributed by atoms with Crippen LogP contribution in [0.25, 0.3) is 0 Å². The van der Waals surface area contributed by atoms with E-state index in [1.165, 1.54) is 6.20 Å². The fourth-order valence-corrected chi connectivity index (χ4v) is 1.79. The number of amides is 1. The molecule has 4 nitrogen and oxygen atoms in total. The van der Waals surface area contributed by atoms with Crippen LogP contribution in [0.1, 0.15) is 31.1 Å². The van der Waals surface area contributed by atoms with E-state index >= 15 is 0 Å². The van der Waals surface area contributed by atoms with E-state index in [1.54, 1.807) is 6.92 Å². The van der Waals surface area contributed by atoms with Crippen LogP contribution in [0, 0.1) is 17.6 Å². The number of benzene rings is 1. The number of carbonyl (C=O) groups is 1. The Balaban J connectivity index is 2.95. The predicted octanol–water partition coefficient (Wildman–Crippen LogP) is 3.18. The molecule has 0 unspecified atom stereocenters. The molecule has 0 atom stereocenters. The maximum atomic E-state index is 13.9. The fraction of sp³-hybridized carbons (Fsp3) is 0.353. The van der Waals surface area contributed by atoms with Crippen molar-refractivity contribution < 1.29 is 13.6 Å². The summed E-state index contributed by atoms with van der Waals surface area (Å²) >= 11 is 0. The molecule has 0 heterocycles. The number of anilines is 1. The zero-order chi connectivity index (χ0) is 17.6. The highest BCUT2D eigenvalue weighted by atomic mass is 19.1. The molecular formula is C17H23F2N3O. The minimum Gasteiger partial charge on any atom is -0.404 e. The molecule has 1 amide bonds. The summed E-state index contributed by atoms with van der Waals surface area (Å²) in [5.74, 6) is -2.02. The van der Waals surface area contributed by atoms with Crippen LogP contribution in [0.5, 0.6) is 0 Å². The first-order valence-electron chi connectivity index (χ1n) is 7.34. The van der Waals surface area contributed by atoms with E-state index in [9.17, 15) is 13.6 Å². The molecule has 1 aromatic carbocycles. The second-order valence-corrected chi connectivity index (χ2v) is 5.74. The van der Waals surface area contributed by atoms with E-state index in [0.29, 0.717) is 18.2 Å². The first-order chi connectivity index (χ1) is 10.8. The van der Waals surface area contributed by atoms with Gasteiger partial charge in [0.1, 0.15) is 11.6 Å². The lowest BCUT2D eigenvalue weighted by molar-refractivity contribution is 0.0945. The zero-order valence-electron chi connectivity index (χ0n) is 13.7. The second-order valence-electron chi connectivity index (χ2n) is 5.74. The lowest BCUT2D eigenvalue weighted by Gasteiger charge is -2.13. The van der Waals surface area contributed by atoms with Crippen LogP contribution in [0.4, 0.5) is 14.5 Å². The average Bonchev–Trinajstić information content (AvgIpc) is 2.46. The third-order valence-electron chi connectivity index (χ3n) is 3.19. The van der Waals surface area contributed by atoms with Gasteiger partial charge in [0.2, 0.25) is 0 Å². The molecule has 6 heteroatoms. The second kappa shape index (κ2) is 8.31. The van der Waals surface area contributed by atoms with Gasteiger partial charge < -0.3 is 16.4 Å². The van der Waals surface area contributed by atoms with Gasteiger partial charge in [0.15, 0.2) is 0 Å². The molecule has 0 saturated heterocycles. The van der Waals surface area contributed by atoms with E-state index in [0.717, 1.165) is 11.6 Å². The molecule has 23 heavy (non-hydrogen) atoms. The highest BCUT2D eigenvalue weighted by Crippen LogP contribution is 2.20. The van der Waals surface area contributed by atoms with Crippen molar-refractivity contribution in [1.29, 1.82) is 0 Å². The van der Waals surface area contributed by atoms with Crippen molar-refractivity contribution in [2.45, 2.75) is 20.8 Å². The van der Waals surface area contributed by atoms with Crippen molar-refractivity contribution in [3.05, 3.63) is 53.3 Å². The van der Waals surface area contributed by atoms with Gasteiger partial charge in [-0.15, -0.1) is 0 Å². The minimum atomic E-state index is -0.899. The minimum absolute atomic E-state index is 0.0293. The zero-order valence-corrected chi connectivity index (χ0v) is 13.7. The van der Waals surface area contributed by atoms with E-state index < -0.39 is 17.5 Å². The molecule has 0 radical (unpaired) electrons. The Morgan fingerprint density at radius 2 is 2.00 bits per heavy atom. The number of nitrogens with two attached hydrogens (primary N) is 1. The summed E-state index contributed by atoms with van der Waals surface area (Å²) in [6.45, 7) is 10.0. The van der Waals surface area contributed by atoms with Gasteiger partial charge in [0, 0.05) is 19.2 Å². The largest absolute Gasteiger partial charge is 0.404 e. The first-order valence-corrected chi connectivity index (χ1v) is 7.34.